The van der Waals surface area contributed by atoms with Gasteiger partial charge in [0.05, 0.1) is 13.5 Å². The van der Waals surface area contributed by atoms with Crippen molar-refractivity contribution >= 4 is 17.8 Å². The molecule has 0 bridgehead atoms. The molecule has 7 heteroatoms. The summed E-state index contributed by atoms with van der Waals surface area (Å²) in [6, 6.07) is 2.02. The van der Waals surface area contributed by atoms with E-state index in [9.17, 15) is 14.4 Å². The van der Waals surface area contributed by atoms with Gasteiger partial charge in [-0.25, -0.2) is 4.79 Å². The zero-order valence-corrected chi connectivity index (χ0v) is 11.0. The molecule has 1 atom stereocenters. The maximum Gasteiger partial charge on any atom is 0.326 e. The molecular weight excluding hydrogens is 252 g/mol. The number of hydrogen-bond donors (Lipinski definition) is 2. The van der Waals surface area contributed by atoms with Gasteiger partial charge in [-0.2, -0.15) is 0 Å². The maximum atomic E-state index is 11.9. The minimum atomic E-state index is -1.31. The Hall–Kier alpha value is -2.31. The number of carboxylic acid groups (broad SMARTS) is 1. The van der Waals surface area contributed by atoms with Gasteiger partial charge < -0.3 is 19.7 Å². The van der Waals surface area contributed by atoms with Gasteiger partial charge >= 0.3 is 11.9 Å². The van der Waals surface area contributed by atoms with Crippen LogP contribution < -0.4 is 5.32 Å². The average molecular weight is 268 g/mol. The fourth-order valence-corrected chi connectivity index (χ4v) is 1.52. The number of aromatic nitrogens is 1. The summed E-state index contributed by atoms with van der Waals surface area (Å²) in [6.45, 7) is 1.82. The fraction of sp³-hybridized carbons (Fsp3) is 0.417. The van der Waals surface area contributed by atoms with E-state index < -0.39 is 30.3 Å². The van der Waals surface area contributed by atoms with Gasteiger partial charge in [0.2, 0.25) is 0 Å². The highest BCUT2D eigenvalue weighted by atomic mass is 16.5. The summed E-state index contributed by atoms with van der Waals surface area (Å²) < 4.78 is 6.02. The lowest BCUT2D eigenvalue weighted by atomic mass is 10.2. The van der Waals surface area contributed by atoms with Crippen molar-refractivity contribution in [1.29, 1.82) is 0 Å². The second-order valence-corrected chi connectivity index (χ2v) is 4.06. The van der Waals surface area contributed by atoms with E-state index in [-0.39, 0.29) is 0 Å². The molecular formula is C12H16N2O5. The number of carbonyl (C=O) groups excluding carboxylic acids is 2. The van der Waals surface area contributed by atoms with Crippen molar-refractivity contribution in [3.63, 3.8) is 0 Å². The third-order valence-electron chi connectivity index (χ3n) is 2.81. The fourth-order valence-electron chi connectivity index (χ4n) is 1.52. The molecule has 1 rings (SSSR count). The molecule has 1 aromatic rings. The van der Waals surface area contributed by atoms with E-state index in [0.717, 1.165) is 12.8 Å². The molecule has 1 amide bonds. The summed E-state index contributed by atoms with van der Waals surface area (Å²) in [5.41, 5.74) is 1.19. The molecule has 1 aromatic heterocycles. The first-order valence-electron chi connectivity index (χ1n) is 5.59. The first-order chi connectivity index (χ1) is 8.86. The highest BCUT2D eigenvalue weighted by Gasteiger charge is 2.25. The quantitative estimate of drug-likeness (QED) is 0.737. The Kier molecular flexibility index (Phi) is 4.68. The molecule has 0 aliphatic carbocycles. The van der Waals surface area contributed by atoms with Crippen molar-refractivity contribution in [2.75, 3.05) is 7.11 Å². The smallest absolute Gasteiger partial charge is 0.326 e. The standard InChI is InChI=1S/C12H16N2O5/c1-7-4-5-9(14(7)2)11(16)13-8(12(17)18)6-10(15)19-3/h4-5,8H,6H2,1-3H3,(H,13,16)(H,17,18)/t8-/m0/s1. The molecule has 0 aliphatic heterocycles. The van der Waals surface area contributed by atoms with Gasteiger partial charge in [-0.3, -0.25) is 9.59 Å². The molecule has 0 spiro atoms. The van der Waals surface area contributed by atoms with Crippen molar-refractivity contribution < 1.29 is 24.2 Å². The number of amides is 1. The first-order valence-corrected chi connectivity index (χ1v) is 5.59. The van der Waals surface area contributed by atoms with Crippen LogP contribution in [0.15, 0.2) is 12.1 Å². The topological polar surface area (TPSA) is 97.6 Å². The number of ether oxygens (including phenoxy) is 1. The summed E-state index contributed by atoms with van der Waals surface area (Å²) in [5, 5.41) is 11.3. The normalized spacial score (nSPS) is 11.7. The van der Waals surface area contributed by atoms with Crippen LogP contribution in [-0.4, -0.2) is 40.7 Å². The number of aryl methyl sites for hydroxylation is 1. The van der Waals surface area contributed by atoms with Gasteiger partial charge in [0.1, 0.15) is 11.7 Å². The molecule has 104 valence electrons. The van der Waals surface area contributed by atoms with Crippen LogP contribution in [0.1, 0.15) is 22.6 Å². The highest BCUT2D eigenvalue weighted by molar-refractivity contribution is 5.96. The summed E-state index contributed by atoms with van der Waals surface area (Å²) in [4.78, 5) is 34.0. The average Bonchev–Trinajstić information content (AvgIpc) is 2.68. The SMILES string of the molecule is COC(=O)C[C@H](NC(=O)c1ccc(C)n1C)C(=O)O. The molecule has 0 aliphatic rings. The van der Waals surface area contributed by atoms with E-state index in [1.54, 1.807) is 23.7 Å². The number of aliphatic carboxylic acids is 1. The Morgan fingerprint density at radius 3 is 2.47 bits per heavy atom. The molecule has 0 saturated carbocycles. The lowest BCUT2D eigenvalue weighted by Gasteiger charge is -2.13. The predicted octanol–water partition coefficient (Wildman–Crippen LogP) is 0.0796. The summed E-state index contributed by atoms with van der Waals surface area (Å²) in [6.07, 6.45) is -0.416. The Morgan fingerprint density at radius 2 is 2.05 bits per heavy atom. The third-order valence-corrected chi connectivity index (χ3v) is 2.81. The van der Waals surface area contributed by atoms with Crippen molar-refractivity contribution in [3.05, 3.63) is 23.5 Å². The lowest BCUT2D eigenvalue weighted by Crippen LogP contribution is -2.43. The third kappa shape index (κ3) is 3.57. The van der Waals surface area contributed by atoms with Crippen molar-refractivity contribution in [1.82, 2.24) is 9.88 Å². The number of rotatable bonds is 5. The summed E-state index contributed by atoms with van der Waals surface area (Å²) >= 11 is 0. The Bertz CT molecular complexity index is 506. The van der Waals surface area contributed by atoms with Gasteiger partial charge in [0.15, 0.2) is 0 Å². The van der Waals surface area contributed by atoms with Crippen LogP contribution in [0.25, 0.3) is 0 Å². The molecule has 19 heavy (non-hydrogen) atoms. The molecule has 0 fully saturated rings. The monoisotopic (exact) mass is 268 g/mol. The van der Waals surface area contributed by atoms with E-state index in [1.807, 2.05) is 6.92 Å². The zero-order valence-electron chi connectivity index (χ0n) is 11.0. The number of methoxy groups -OCH3 is 1. The van der Waals surface area contributed by atoms with Crippen LogP contribution >= 0.6 is 0 Å². The van der Waals surface area contributed by atoms with E-state index >= 15 is 0 Å². The molecule has 0 saturated heterocycles. The second-order valence-electron chi connectivity index (χ2n) is 4.06. The number of carboxylic acids is 1. The van der Waals surface area contributed by atoms with Crippen molar-refractivity contribution in [3.8, 4) is 0 Å². The van der Waals surface area contributed by atoms with Crippen LogP contribution in [0.2, 0.25) is 0 Å². The Morgan fingerprint density at radius 1 is 1.42 bits per heavy atom. The molecule has 0 radical (unpaired) electrons. The zero-order chi connectivity index (χ0) is 14.6. The van der Waals surface area contributed by atoms with E-state index in [4.69, 9.17) is 5.11 Å². The van der Waals surface area contributed by atoms with Crippen LogP contribution in [0.3, 0.4) is 0 Å². The van der Waals surface area contributed by atoms with Crippen LogP contribution in [0, 0.1) is 6.92 Å². The molecule has 7 nitrogen and oxygen atoms in total. The minimum Gasteiger partial charge on any atom is -0.480 e. The Labute approximate surface area is 110 Å². The van der Waals surface area contributed by atoms with Crippen LogP contribution in [0.4, 0.5) is 0 Å². The van der Waals surface area contributed by atoms with Crippen LogP contribution in [0.5, 0.6) is 0 Å². The molecule has 2 N–H and O–H groups in total. The number of nitrogens with one attached hydrogen (secondary N) is 1. The minimum absolute atomic E-state index is 0.327. The molecule has 0 aromatic carbocycles. The highest BCUT2D eigenvalue weighted by Crippen LogP contribution is 2.06. The second kappa shape index (κ2) is 6.03. The lowest BCUT2D eigenvalue weighted by molar-refractivity contribution is -0.147. The summed E-state index contributed by atoms with van der Waals surface area (Å²) in [5.74, 6) is -2.53. The van der Waals surface area contributed by atoms with Crippen molar-refractivity contribution in [2.24, 2.45) is 7.05 Å². The first kappa shape index (κ1) is 14.7. The molecule has 0 unspecified atom stereocenters. The van der Waals surface area contributed by atoms with E-state index in [1.165, 1.54) is 0 Å². The van der Waals surface area contributed by atoms with E-state index in [2.05, 4.69) is 10.1 Å². The van der Waals surface area contributed by atoms with Gasteiger partial charge in [-0.1, -0.05) is 0 Å². The number of carbonyl (C=O) groups is 3. The summed E-state index contributed by atoms with van der Waals surface area (Å²) in [7, 11) is 2.85. The van der Waals surface area contributed by atoms with E-state index in [0.29, 0.717) is 5.69 Å². The number of esters is 1. The number of hydrogen-bond acceptors (Lipinski definition) is 4. The van der Waals surface area contributed by atoms with Gasteiger partial charge in [0.25, 0.3) is 5.91 Å². The maximum absolute atomic E-state index is 11.9. The van der Waals surface area contributed by atoms with Crippen LogP contribution in [-0.2, 0) is 21.4 Å². The van der Waals surface area contributed by atoms with Gasteiger partial charge in [-0.15, -0.1) is 0 Å². The Balaban J connectivity index is 2.80. The number of nitrogens with zero attached hydrogens (tertiary/aromatic N) is 1. The van der Waals surface area contributed by atoms with Gasteiger partial charge in [0, 0.05) is 12.7 Å². The van der Waals surface area contributed by atoms with Crippen molar-refractivity contribution in [2.45, 2.75) is 19.4 Å². The van der Waals surface area contributed by atoms with Gasteiger partial charge in [-0.05, 0) is 19.1 Å². The molecule has 1 heterocycles. The predicted molar refractivity (Wildman–Crippen MR) is 65.7 cm³/mol. The largest absolute Gasteiger partial charge is 0.480 e.